The van der Waals surface area contributed by atoms with Gasteiger partial charge in [0.25, 0.3) is 0 Å². The van der Waals surface area contributed by atoms with E-state index in [0.29, 0.717) is 6.54 Å². The minimum Gasteiger partial charge on any atom is -0.322 e. The molecule has 1 heterocycles. The fourth-order valence-corrected chi connectivity index (χ4v) is 2.68. The number of rotatable bonds is 4. The van der Waals surface area contributed by atoms with Crippen LogP contribution in [0, 0.1) is 13.8 Å². The maximum Gasteiger partial charge on any atom is 0.241 e. The molecule has 0 unspecified atom stereocenters. The molecule has 0 saturated carbocycles. The van der Waals surface area contributed by atoms with Crippen molar-refractivity contribution < 1.29 is 4.79 Å². The third-order valence-electron chi connectivity index (χ3n) is 3.03. The zero-order valence-corrected chi connectivity index (χ0v) is 12.0. The van der Waals surface area contributed by atoms with E-state index in [4.69, 9.17) is 5.73 Å². The lowest BCUT2D eigenvalue weighted by atomic mass is 10.1. The van der Waals surface area contributed by atoms with E-state index in [9.17, 15) is 4.79 Å². The Hall–Kier alpha value is -1.65. The van der Waals surface area contributed by atoms with Gasteiger partial charge in [0.15, 0.2) is 0 Å². The SMILES string of the molecule is Cc1ccc(C)c(N(Cc2cccs2)C(=O)CN)c1. The molecule has 0 radical (unpaired) electrons. The Bertz CT molecular complexity index is 564. The molecule has 4 heteroatoms. The zero-order valence-electron chi connectivity index (χ0n) is 11.2. The fraction of sp³-hybridized carbons (Fsp3) is 0.267. The van der Waals surface area contributed by atoms with Crippen molar-refractivity contribution in [2.75, 3.05) is 11.4 Å². The maximum absolute atomic E-state index is 12.1. The summed E-state index contributed by atoms with van der Waals surface area (Å²) < 4.78 is 0. The first-order valence-corrected chi connectivity index (χ1v) is 7.10. The number of amides is 1. The molecular formula is C15H18N2OS. The minimum atomic E-state index is -0.0536. The van der Waals surface area contributed by atoms with Crippen LogP contribution in [0.2, 0.25) is 0 Å². The Morgan fingerprint density at radius 1 is 1.32 bits per heavy atom. The zero-order chi connectivity index (χ0) is 13.8. The van der Waals surface area contributed by atoms with Crippen molar-refractivity contribution >= 4 is 22.9 Å². The highest BCUT2D eigenvalue weighted by Crippen LogP contribution is 2.24. The highest BCUT2D eigenvalue weighted by atomic mass is 32.1. The van der Waals surface area contributed by atoms with E-state index < -0.39 is 0 Å². The molecule has 0 fully saturated rings. The van der Waals surface area contributed by atoms with Crippen LogP contribution < -0.4 is 10.6 Å². The highest BCUT2D eigenvalue weighted by Gasteiger charge is 2.17. The Morgan fingerprint density at radius 2 is 2.11 bits per heavy atom. The summed E-state index contributed by atoms with van der Waals surface area (Å²) in [4.78, 5) is 15.0. The summed E-state index contributed by atoms with van der Waals surface area (Å²) in [5, 5.41) is 2.02. The van der Waals surface area contributed by atoms with Gasteiger partial charge in [-0.1, -0.05) is 18.2 Å². The van der Waals surface area contributed by atoms with Crippen LogP contribution in [0.1, 0.15) is 16.0 Å². The second kappa shape index (κ2) is 5.99. The van der Waals surface area contributed by atoms with Gasteiger partial charge in [-0.25, -0.2) is 0 Å². The van der Waals surface area contributed by atoms with E-state index in [2.05, 4.69) is 6.07 Å². The second-order valence-electron chi connectivity index (χ2n) is 4.55. The van der Waals surface area contributed by atoms with E-state index in [1.54, 1.807) is 16.2 Å². The van der Waals surface area contributed by atoms with Crippen LogP contribution in [-0.4, -0.2) is 12.5 Å². The number of benzene rings is 1. The van der Waals surface area contributed by atoms with Gasteiger partial charge in [-0.15, -0.1) is 11.3 Å². The molecule has 0 spiro atoms. The number of carbonyl (C=O) groups is 1. The predicted molar refractivity (Wildman–Crippen MR) is 80.5 cm³/mol. The molecule has 0 atom stereocenters. The minimum absolute atomic E-state index is 0.0265. The van der Waals surface area contributed by atoms with E-state index >= 15 is 0 Å². The van der Waals surface area contributed by atoms with Gasteiger partial charge in [0, 0.05) is 10.6 Å². The number of anilines is 1. The van der Waals surface area contributed by atoms with Crippen molar-refractivity contribution in [2.24, 2.45) is 5.73 Å². The normalized spacial score (nSPS) is 10.5. The lowest BCUT2D eigenvalue weighted by Gasteiger charge is -2.24. The summed E-state index contributed by atoms with van der Waals surface area (Å²) in [6.45, 7) is 4.65. The van der Waals surface area contributed by atoms with Crippen molar-refractivity contribution in [1.29, 1.82) is 0 Å². The van der Waals surface area contributed by atoms with Crippen LogP contribution in [0.3, 0.4) is 0 Å². The average molecular weight is 274 g/mol. The summed E-state index contributed by atoms with van der Waals surface area (Å²) in [6, 6.07) is 10.2. The number of aryl methyl sites for hydroxylation is 2. The van der Waals surface area contributed by atoms with Crippen molar-refractivity contribution in [3.05, 3.63) is 51.7 Å². The maximum atomic E-state index is 12.1. The van der Waals surface area contributed by atoms with Gasteiger partial charge in [-0.05, 0) is 42.5 Å². The van der Waals surface area contributed by atoms with E-state index in [0.717, 1.165) is 21.7 Å². The van der Waals surface area contributed by atoms with Gasteiger partial charge in [0.2, 0.25) is 5.91 Å². The van der Waals surface area contributed by atoms with Gasteiger partial charge >= 0.3 is 0 Å². The van der Waals surface area contributed by atoms with Crippen LogP contribution >= 0.6 is 11.3 Å². The summed E-state index contributed by atoms with van der Waals surface area (Å²) >= 11 is 1.65. The van der Waals surface area contributed by atoms with E-state index in [-0.39, 0.29) is 12.5 Å². The first kappa shape index (κ1) is 13.8. The third kappa shape index (κ3) is 3.22. The topological polar surface area (TPSA) is 46.3 Å². The molecule has 100 valence electrons. The van der Waals surface area contributed by atoms with E-state index in [1.807, 2.05) is 43.5 Å². The molecule has 1 aromatic carbocycles. The van der Waals surface area contributed by atoms with Gasteiger partial charge in [-0.3, -0.25) is 4.79 Å². The third-order valence-corrected chi connectivity index (χ3v) is 3.89. The lowest BCUT2D eigenvalue weighted by Crippen LogP contribution is -2.35. The van der Waals surface area contributed by atoms with Crippen LogP contribution in [0.15, 0.2) is 35.7 Å². The molecule has 2 aromatic rings. The molecule has 0 aliphatic carbocycles. The Labute approximate surface area is 117 Å². The first-order valence-electron chi connectivity index (χ1n) is 6.22. The number of thiophene rings is 1. The van der Waals surface area contributed by atoms with Crippen molar-refractivity contribution in [3.8, 4) is 0 Å². The standard InChI is InChI=1S/C15H18N2OS/c1-11-5-6-12(2)14(8-11)17(15(18)9-16)10-13-4-3-7-19-13/h3-8H,9-10,16H2,1-2H3. The van der Waals surface area contributed by atoms with Crippen molar-refractivity contribution in [1.82, 2.24) is 0 Å². The molecule has 3 nitrogen and oxygen atoms in total. The Kier molecular flexibility index (Phi) is 4.35. The quantitative estimate of drug-likeness (QED) is 0.932. The Morgan fingerprint density at radius 3 is 2.74 bits per heavy atom. The Balaban J connectivity index is 2.36. The molecule has 0 bridgehead atoms. The van der Waals surface area contributed by atoms with Gasteiger partial charge in [0.05, 0.1) is 13.1 Å². The van der Waals surface area contributed by atoms with Crippen molar-refractivity contribution in [2.45, 2.75) is 20.4 Å². The van der Waals surface area contributed by atoms with Crippen LogP contribution in [0.4, 0.5) is 5.69 Å². The number of nitrogens with zero attached hydrogens (tertiary/aromatic N) is 1. The first-order chi connectivity index (χ1) is 9.11. The van der Waals surface area contributed by atoms with E-state index in [1.165, 1.54) is 0 Å². The average Bonchev–Trinajstić information content (AvgIpc) is 2.91. The van der Waals surface area contributed by atoms with Crippen LogP contribution in [0.5, 0.6) is 0 Å². The largest absolute Gasteiger partial charge is 0.322 e. The summed E-state index contributed by atoms with van der Waals surface area (Å²) in [6.07, 6.45) is 0. The highest BCUT2D eigenvalue weighted by molar-refractivity contribution is 7.09. The molecule has 19 heavy (non-hydrogen) atoms. The molecule has 2 N–H and O–H groups in total. The molecule has 0 saturated heterocycles. The molecule has 1 amide bonds. The number of hydrogen-bond donors (Lipinski definition) is 1. The molecule has 0 aliphatic rings. The van der Waals surface area contributed by atoms with Gasteiger partial charge in [-0.2, -0.15) is 0 Å². The van der Waals surface area contributed by atoms with Gasteiger partial charge in [0.1, 0.15) is 0 Å². The molecule has 1 aromatic heterocycles. The summed E-state index contributed by atoms with van der Waals surface area (Å²) in [7, 11) is 0. The van der Waals surface area contributed by atoms with Crippen molar-refractivity contribution in [3.63, 3.8) is 0 Å². The monoisotopic (exact) mass is 274 g/mol. The molecule has 2 rings (SSSR count). The number of nitrogens with two attached hydrogens (primary N) is 1. The van der Waals surface area contributed by atoms with Gasteiger partial charge < -0.3 is 10.6 Å². The number of hydrogen-bond acceptors (Lipinski definition) is 3. The van der Waals surface area contributed by atoms with Crippen LogP contribution in [0.25, 0.3) is 0 Å². The lowest BCUT2D eigenvalue weighted by molar-refractivity contribution is -0.117. The number of carbonyl (C=O) groups excluding carboxylic acids is 1. The summed E-state index contributed by atoms with van der Waals surface area (Å²) in [5.41, 5.74) is 8.71. The fourth-order valence-electron chi connectivity index (χ4n) is 1.99. The molecular weight excluding hydrogens is 256 g/mol. The smallest absolute Gasteiger partial charge is 0.241 e. The summed E-state index contributed by atoms with van der Waals surface area (Å²) in [5.74, 6) is -0.0536. The molecule has 0 aliphatic heterocycles. The van der Waals surface area contributed by atoms with Crippen LogP contribution in [-0.2, 0) is 11.3 Å². The second-order valence-corrected chi connectivity index (χ2v) is 5.59. The predicted octanol–water partition coefficient (Wildman–Crippen LogP) is 2.86.